The molecule has 8 nitrogen and oxygen atoms in total. The van der Waals surface area contributed by atoms with Gasteiger partial charge in [0, 0.05) is 66.3 Å². The molecule has 2 aromatic rings. The zero-order valence-corrected chi connectivity index (χ0v) is 22.6. The standard InChI is InChI=1S/C28H31F3N6O2S/c29-28(30,31)21-4-6-22(7-5-21)34-26(38)35-23-3-1-2-20(18-23)25-24(19-8-10-32-11-9-19)36-27(40-25)33-12-13-37-14-16-39-17-15-37/h1-4,6-11,20-21H,5,12-18H2,(H,33,36)(H2,34,35,38). The van der Waals surface area contributed by atoms with Crippen LogP contribution in [0.1, 0.15) is 23.6 Å². The molecule has 0 spiro atoms. The molecule has 1 aliphatic heterocycles. The number of thiazole rings is 1. The van der Waals surface area contributed by atoms with E-state index in [-0.39, 0.29) is 12.3 Å². The number of alkyl halides is 3. The largest absolute Gasteiger partial charge is 0.395 e. The summed E-state index contributed by atoms with van der Waals surface area (Å²) in [6.45, 7) is 5.05. The Hall–Kier alpha value is -3.48. The number of rotatable bonds is 8. The van der Waals surface area contributed by atoms with Crippen LogP contribution in [-0.4, -0.2) is 66.5 Å². The van der Waals surface area contributed by atoms with E-state index in [2.05, 4.69) is 31.9 Å². The third-order valence-electron chi connectivity index (χ3n) is 6.88. The molecule has 5 rings (SSSR count). The summed E-state index contributed by atoms with van der Waals surface area (Å²) in [5, 5.41) is 9.79. The van der Waals surface area contributed by atoms with Gasteiger partial charge in [-0.15, -0.1) is 11.3 Å². The van der Waals surface area contributed by atoms with E-state index in [0.717, 1.165) is 66.7 Å². The molecule has 2 atom stereocenters. The molecule has 2 unspecified atom stereocenters. The maximum absolute atomic E-state index is 12.9. The van der Waals surface area contributed by atoms with Crippen LogP contribution in [0.4, 0.5) is 23.1 Å². The molecule has 1 fully saturated rings. The van der Waals surface area contributed by atoms with Gasteiger partial charge in [-0.25, -0.2) is 9.78 Å². The van der Waals surface area contributed by atoms with Gasteiger partial charge in [0.25, 0.3) is 0 Å². The van der Waals surface area contributed by atoms with E-state index < -0.39 is 18.1 Å². The highest BCUT2D eigenvalue weighted by Gasteiger charge is 2.37. The van der Waals surface area contributed by atoms with E-state index in [4.69, 9.17) is 9.72 Å². The van der Waals surface area contributed by atoms with E-state index in [9.17, 15) is 18.0 Å². The van der Waals surface area contributed by atoms with Gasteiger partial charge >= 0.3 is 12.2 Å². The van der Waals surface area contributed by atoms with Gasteiger partial charge in [-0.3, -0.25) is 9.88 Å². The number of nitrogens with zero attached hydrogens (tertiary/aromatic N) is 3. The van der Waals surface area contributed by atoms with Crippen molar-refractivity contribution in [3.8, 4) is 11.3 Å². The SMILES string of the molecule is O=C(NC1=CCC(C(F)(F)F)C=C1)NC1=CC=CC(c2sc(NCCN3CCOCC3)nc2-c2ccncc2)C1. The number of nitrogens with one attached hydrogen (secondary N) is 3. The average molecular weight is 573 g/mol. The van der Waals surface area contributed by atoms with Gasteiger partial charge in [-0.2, -0.15) is 13.2 Å². The lowest BCUT2D eigenvalue weighted by Gasteiger charge is -2.26. The summed E-state index contributed by atoms with van der Waals surface area (Å²) in [4.78, 5) is 25.1. The number of pyridine rings is 1. The van der Waals surface area contributed by atoms with Gasteiger partial charge < -0.3 is 20.7 Å². The Balaban J connectivity index is 1.22. The highest BCUT2D eigenvalue weighted by atomic mass is 32.1. The summed E-state index contributed by atoms with van der Waals surface area (Å²) in [6, 6.07) is 3.37. The second-order valence-electron chi connectivity index (χ2n) is 9.72. The minimum Gasteiger partial charge on any atom is -0.379 e. The van der Waals surface area contributed by atoms with Crippen molar-refractivity contribution in [1.29, 1.82) is 0 Å². The molecular weight excluding hydrogens is 541 g/mol. The molecule has 212 valence electrons. The first-order valence-corrected chi connectivity index (χ1v) is 14.0. The molecule has 2 amide bonds. The van der Waals surface area contributed by atoms with Crippen molar-refractivity contribution in [2.24, 2.45) is 5.92 Å². The molecule has 0 aromatic carbocycles. The number of anilines is 1. The number of hydrogen-bond donors (Lipinski definition) is 3. The van der Waals surface area contributed by atoms with Crippen LogP contribution in [0.5, 0.6) is 0 Å². The van der Waals surface area contributed by atoms with Crippen LogP contribution in [0.3, 0.4) is 0 Å². The van der Waals surface area contributed by atoms with E-state index in [1.54, 1.807) is 23.7 Å². The number of carbonyl (C=O) groups excluding carboxylic acids is 1. The predicted octanol–water partition coefficient (Wildman–Crippen LogP) is 5.20. The normalized spacial score (nSPS) is 21.5. The molecule has 3 N–H and O–H groups in total. The fourth-order valence-electron chi connectivity index (χ4n) is 4.74. The van der Waals surface area contributed by atoms with Crippen LogP contribution in [0.25, 0.3) is 11.3 Å². The summed E-state index contributed by atoms with van der Waals surface area (Å²) >= 11 is 1.60. The number of hydrogen-bond acceptors (Lipinski definition) is 7. The van der Waals surface area contributed by atoms with E-state index in [1.165, 1.54) is 12.2 Å². The first-order chi connectivity index (χ1) is 19.3. The first kappa shape index (κ1) is 28.1. The van der Waals surface area contributed by atoms with Crippen LogP contribution in [-0.2, 0) is 4.74 Å². The minimum absolute atomic E-state index is 0.0166. The molecule has 3 heterocycles. The second-order valence-corrected chi connectivity index (χ2v) is 10.7. The minimum atomic E-state index is -4.29. The number of carbonyl (C=O) groups is 1. The van der Waals surface area contributed by atoms with Crippen molar-refractivity contribution in [3.05, 3.63) is 77.3 Å². The lowest BCUT2D eigenvalue weighted by molar-refractivity contribution is -0.160. The molecule has 2 aromatic heterocycles. The predicted molar refractivity (Wildman–Crippen MR) is 149 cm³/mol. The lowest BCUT2D eigenvalue weighted by Crippen LogP contribution is -2.38. The molecule has 12 heteroatoms. The third kappa shape index (κ3) is 7.38. The third-order valence-corrected chi connectivity index (χ3v) is 8.03. The van der Waals surface area contributed by atoms with Gasteiger partial charge in [0.05, 0.1) is 24.8 Å². The van der Waals surface area contributed by atoms with Gasteiger partial charge in [0.15, 0.2) is 5.13 Å². The number of urea groups is 1. The summed E-state index contributed by atoms with van der Waals surface area (Å²) in [6.07, 6.45) is 9.11. The number of aromatic nitrogens is 2. The van der Waals surface area contributed by atoms with Crippen LogP contribution in [0.2, 0.25) is 0 Å². The summed E-state index contributed by atoms with van der Waals surface area (Å²) in [7, 11) is 0. The Morgan fingerprint density at radius 2 is 1.95 bits per heavy atom. The fraction of sp³-hybridized carbons (Fsp3) is 0.393. The fourth-order valence-corrected chi connectivity index (χ4v) is 5.83. The average Bonchev–Trinajstić information content (AvgIpc) is 3.38. The van der Waals surface area contributed by atoms with Crippen molar-refractivity contribution < 1.29 is 22.7 Å². The Kier molecular flexibility index (Phi) is 8.98. The van der Waals surface area contributed by atoms with Crippen molar-refractivity contribution in [3.63, 3.8) is 0 Å². The van der Waals surface area contributed by atoms with Crippen molar-refractivity contribution in [2.45, 2.75) is 24.9 Å². The Morgan fingerprint density at radius 3 is 2.67 bits per heavy atom. The van der Waals surface area contributed by atoms with Crippen LogP contribution < -0.4 is 16.0 Å². The van der Waals surface area contributed by atoms with Crippen LogP contribution >= 0.6 is 11.3 Å². The Morgan fingerprint density at radius 1 is 1.15 bits per heavy atom. The van der Waals surface area contributed by atoms with E-state index in [1.807, 2.05) is 24.3 Å². The molecule has 0 saturated carbocycles. The maximum atomic E-state index is 12.9. The summed E-state index contributed by atoms with van der Waals surface area (Å²) in [5.74, 6) is -1.54. The maximum Gasteiger partial charge on any atom is 0.395 e. The summed E-state index contributed by atoms with van der Waals surface area (Å²) in [5.41, 5.74) is 2.88. The van der Waals surface area contributed by atoms with Crippen LogP contribution in [0, 0.1) is 5.92 Å². The number of morpholine rings is 1. The zero-order chi connectivity index (χ0) is 28.0. The molecule has 0 radical (unpaired) electrons. The molecular formula is C28H31F3N6O2S. The van der Waals surface area contributed by atoms with E-state index >= 15 is 0 Å². The van der Waals surface area contributed by atoms with E-state index in [0.29, 0.717) is 17.8 Å². The van der Waals surface area contributed by atoms with Crippen LogP contribution in [0.15, 0.2) is 72.4 Å². The lowest BCUT2D eigenvalue weighted by atomic mass is 9.94. The Labute approximate surface area is 234 Å². The van der Waals surface area contributed by atoms with Crippen molar-refractivity contribution in [2.75, 3.05) is 44.7 Å². The summed E-state index contributed by atoms with van der Waals surface area (Å²) < 4.78 is 44.1. The highest BCUT2D eigenvalue weighted by molar-refractivity contribution is 7.16. The monoisotopic (exact) mass is 572 g/mol. The molecule has 1 saturated heterocycles. The van der Waals surface area contributed by atoms with Crippen molar-refractivity contribution in [1.82, 2.24) is 25.5 Å². The van der Waals surface area contributed by atoms with Crippen molar-refractivity contribution >= 4 is 22.5 Å². The molecule has 3 aliphatic rings. The smallest absolute Gasteiger partial charge is 0.379 e. The van der Waals surface area contributed by atoms with Gasteiger partial charge in [0.1, 0.15) is 0 Å². The molecule has 0 bridgehead atoms. The van der Waals surface area contributed by atoms with Gasteiger partial charge in [-0.05, 0) is 37.1 Å². The number of ether oxygens (including phenoxy) is 1. The topological polar surface area (TPSA) is 91.4 Å². The highest BCUT2D eigenvalue weighted by Crippen LogP contribution is 2.40. The quantitative estimate of drug-likeness (QED) is 0.403. The number of amides is 2. The Bertz CT molecular complexity index is 1300. The molecule has 40 heavy (non-hydrogen) atoms. The number of halogens is 3. The van der Waals surface area contributed by atoms with Gasteiger partial charge in [0.2, 0.25) is 0 Å². The zero-order valence-electron chi connectivity index (χ0n) is 21.8. The second kappa shape index (κ2) is 12.8. The molecule has 2 aliphatic carbocycles. The first-order valence-electron chi connectivity index (χ1n) is 13.2. The number of allylic oxidation sites excluding steroid dienone is 7. The van der Waals surface area contributed by atoms with Gasteiger partial charge in [-0.1, -0.05) is 24.3 Å².